The van der Waals surface area contributed by atoms with E-state index in [-0.39, 0.29) is 23.4 Å². The lowest BCUT2D eigenvalue weighted by atomic mass is 9.99. The molecule has 1 aliphatic heterocycles. The Bertz CT molecular complexity index is 1180. The van der Waals surface area contributed by atoms with E-state index >= 15 is 0 Å². The number of rotatable bonds is 8. The van der Waals surface area contributed by atoms with Gasteiger partial charge in [-0.1, -0.05) is 42.4 Å². The van der Waals surface area contributed by atoms with Gasteiger partial charge in [0.15, 0.2) is 0 Å². The summed E-state index contributed by atoms with van der Waals surface area (Å²) in [6.07, 6.45) is 1.66. The fourth-order valence-corrected chi connectivity index (χ4v) is 5.95. The topological polar surface area (TPSA) is 105 Å². The van der Waals surface area contributed by atoms with Crippen molar-refractivity contribution in [1.29, 1.82) is 0 Å². The molecule has 1 aliphatic rings. The average Bonchev–Trinajstić information content (AvgIpc) is 3.27. The van der Waals surface area contributed by atoms with Crippen LogP contribution in [0.3, 0.4) is 0 Å². The van der Waals surface area contributed by atoms with E-state index in [9.17, 15) is 13.2 Å². The first-order valence-corrected chi connectivity index (χ1v) is 13.3. The number of benzene rings is 2. The number of sulfonamides is 1. The van der Waals surface area contributed by atoms with E-state index in [4.69, 9.17) is 4.42 Å². The van der Waals surface area contributed by atoms with Crippen molar-refractivity contribution in [2.45, 2.75) is 36.0 Å². The number of carbonyl (C=O) groups excluding carboxylic acids is 1. The Morgan fingerprint density at radius 1 is 1.15 bits per heavy atom. The molecule has 174 valence electrons. The van der Waals surface area contributed by atoms with Gasteiger partial charge in [-0.15, -0.1) is 16.9 Å². The number of nitrogens with one attached hydrogen (secondary N) is 1. The minimum absolute atomic E-state index is 0.0243. The van der Waals surface area contributed by atoms with Crippen LogP contribution in [-0.2, 0) is 21.2 Å². The summed E-state index contributed by atoms with van der Waals surface area (Å²) in [4.78, 5) is 14.2. The van der Waals surface area contributed by atoms with Gasteiger partial charge >= 0.3 is 6.01 Å². The number of aromatic nitrogens is 2. The molecule has 1 saturated heterocycles. The summed E-state index contributed by atoms with van der Waals surface area (Å²) < 4.78 is 32.8. The van der Waals surface area contributed by atoms with E-state index in [2.05, 4.69) is 34.6 Å². The van der Waals surface area contributed by atoms with Crippen LogP contribution >= 0.6 is 11.8 Å². The summed E-state index contributed by atoms with van der Waals surface area (Å²) in [5.74, 6) is 0.608. The number of nitrogens with zero attached hydrogens (tertiary/aromatic N) is 3. The molecule has 33 heavy (non-hydrogen) atoms. The normalized spacial score (nSPS) is 17.1. The van der Waals surface area contributed by atoms with Crippen molar-refractivity contribution >= 4 is 33.7 Å². The van der Waals surface area contributed by atoms with Gasteiger partial charge < -0.3 is 4.42 Å². The summed E-state index contributed by atoms with van der Waals surface area (Å²) in [5, 5.41) is 10.6. The monoisotopic (exact) mass is 486 g/mol. The number of anilines is 1. The summed E-state index contributed by atoms with van der Waals surface area (Å²) >= 11 is 1.77. The second-order valence-electron chi connectivity index (χ2n) is 7.76. The molecule has 4 rings (SSSR count). The molecule has 10 heteroatoms. The van der Waals surface area contributed by atoms with Crippen LogP contribution in [0.15, 0.2) is 68.8 Å². The second kappa shape index (κ2) is 10.5. The van der Waals surface area contributed by atoms with E-state index in [1.165, 1.54) is 9.20 Å². The molecule has 1 aromatic heterocycles. The van der Waals surface area contributed by atoms with Crippen LogP contribution in [0.5, 0.6) is 0 Å². The van der Waals surface area contributed by atoms with Crippen LogP contribution in [0.2, 0.25) is 0 Å². The summed E-state index contributed by atoms with van der Waals surface area (Å²) in [6, 6.07) is 16.4. The van der Waals surface area contributed by atoms with E-state index < -0.39 is 15.9 Å². The molecule has 1 amide bonds. The number of amides is 1. The third kappa shape index (κ3) is 5.82. The molecule has 0 bridgehead atoms. The minimum atomic E-state index is -3.64. The molecule has 1 unspecified atom stereocenters. The van der Waals surface area contributed by atoms with Crippen molar-refractivity contribution in [2.24, 2.45) is 5.92 Å². The van der Waals surface area contributed by atoms with Gasteiger partial charge in [-0.05, 0) is 48.4 Å². The fourth-order valence-electron chi connectivity index (χ4n) is 3.74. The van der Waals surface area contributed by atoms with E-state index in [0.29, 0.717) is 31.7 Å². The lowest BCUT2D eigenvalue weighted by Crippen LogP contribution is -2.43. The summed E-state index contributed by atoms with van der Waals surface area (Å²) in [5.41, 5.74) is 1.03. The van der Waals surface area contributed by atoms with Gasteiger partial charge in [0.1, 0.15) is 0 Å². The van der Waals surface area contributed by atoms with Gasteiger partial charge in [-0.25, -0.2) is 8.42 Å². The quantitative estimate of drug-likeness (QED) is 0.483. The molecular formula is C23H26N4O4S2. The number of piperidine rings is 1. The second-order valence-corrected chi connectivity index (χ2v) is 11.0. The molecule has 8 nitrogen and oxygen atoms in total. The highest BCUT2D eigenvalue weighted by Crippen LogP contribution is 2.25. The van der Waals surface area contributed by atoms with Gasteiger partial charge in [0.05, 0.1) is 17.2 Å². The van der Waals surface area contributed by atoms with Crippen molar-refractivity contribution in [3.8, 4) is 0 Å². The zero-order valence-corrected chi connectivity index (χ0v) is 19.9. The van der Waals surface area contributed by atoms with Crippen LogP contribution < -0.4 is 5.32 Å². The standard InChI is InChI=1S/C23H26N4O4S2/c1-2-32-19-12-10-17(11-13-19)15-21-25-26-23(31-21)24-22(28)18-7-6-14-27(16-18)33(29,30)20-8-4-3-5-9-20/h3-5,8-13,18H,2,6-7,14-16H2,1H3,(H,24,26,28). The molecule has 1 N–H and O–H groups in total. The Morgan fingerprint density at radius 3 is 2.64 bits per heavy atom. The lowest BCUT2D eigenvalue weighted by Gasteiger charge is -2.30. The van der Waals surface area contributed by atoms with Crippen molar-refractivity contribution < 1.29 is 17.6 Å². The van der Waals surface area contributed by atoms with Crippen LogP contribution in [0.25, 0.3) is 0 Å². The third-order valence-electron chi connectivity index (χ3n) is 5.42. The van der Waals surface area contributed by atoms with Crippen LogP contribution in [0.4, 0.5) is 6.01 Å². The Labute approximate surface area is 197 Å². The zero-order chi connectivity index (χ0) is 23.3. The zero-order valence-electron chi connectivity index (χ0n) is 18.3. The number of hydrogen-bond donors (Lipinski definition) is 1. The van der Waals surface area contributed by atoms with Gasteiger partial charge in [0.2, 0.25) is 21.8 Å². The fraction of sp³-hybridized carbons (Fsp3) is 0.348. The molecule has 2 heterocycles. The van der Waals surface area contributed by atoms with Crippen molar-refractivity contribution in [3.63, 3.8) is 0 Å². The van der Waals surface area contributed by atoms with Gasteiger partial charge in [-0.3, -0.25) is 10.1 Å². The number of carbonyl (C=O) groups is 1. The molecule has 0 aliphatic carbocycles. The van der Waals surface area contributed by atoms with Crippen molar-refractivity contribution in [1.82, 2.24) is 14.5 Å². The molecule has 1 atom stereocenters. The molecule has 0 saturated carbocycles. The van der Waals surface area contributed by atoms with Crippen LogP contribution in [-0.4, -0.2) is 47.7 Å². The predicted octanol–water partition coefficient (Wildman–Crippen LogP) is 3.81. The summed E-state index contributed by atoms with van der Waals surface area (Å²) in [6.45, 7) is 2.62. The van der Waals surface area contributed by atoms with Crippen LogP contribution in [0, 0.1) is 5.92 Å². The Morgan fingerprint density at radius 2 is 1.91 bits per heavy atom. The van der Waals surface area contributed by atoms with E-state index in [0.717, 1.165) is 11.3 Å². The third-order valence-corrected chi connectivity index (χ3v) is 8.20. The Kier molecular flexibility index (Phi) is 7.46. The van der Waals surface area contributed by atoms with E-state index in [1.807, 2.05) is 12.1 Å². The Hall–Kier alpha value is -2.69. The summed E-state index contributed by atoms with van der Waals surface area (Å²) in [7, 11) is -3.64. The molecule has 2 aromatic carbocycles. The first-order chi connectivity index (χ1) is 16.0. The van der Waals surface area contributed by atoms with Crippen molar-refractivity contribution in [3.05, 3.63) is 66.1 Å². The lowest BCUT2D eigenvalue weighted by molar-refractivity contribution is -0.121. The smallest absolute Gasteiger partial charge is 0.322 e. The predicted molar refractivity (Wildman–Crippen MR) is 126 cm³/mol. The highest BCUT2D eigenvalue weighted by molar-refractivity contribution is 7.99. The molecule has 0 spiro atoms. The van der Waals surface area contributed by atoms with Gasteiger partial charge in [0.25, 0.3) is 0 Å². The maximum absolute atomic E-state index is 12.9. The maximum Gasteiger partial charge on any atom is 0.322 e. The SMILES string of the molecule is CCSc1ccc(Cc2nnc(NC(=O)C3CCCN(S(=O)(=O)c4ccccc4)C3)o2)cc1. The van der Waals surface area contributed by atoms with Crippen molar-refractivity contribution in [2.75, 3.05) is 24.2 Å². The molecule has 3 aromatic rings. The molecule has 1 fully saturated rings. The first-order valence-electron chi connectivity index (χ1n) is 10.9. The van der Waals surface area contributed by atoms with E-state index in [1.54, 1.807) is 42.1 Å². The van der Waals surface area contributed by atoms with Gasteiger partial charge in [-0.2, -0.15) is 4.31 Å². The Balaban J connectivity index is 1.36. The molecular weight excluding hydrogens is 460 g/mol. The highest BCUT2D eigenvalue weighted by atomic mass is 32.2. The van der Waals surface area contributed by atoms with Crippen LogP contribution in [0.1, 0.15) is 31.2 Å². The number of thioether (sulfide) groups is 1. The molecule has 0 radical (unpaired) electrons. The average molecular weight is 487 g/mol. The largest absolute Gasteiger partial charge is 0.407 e. The number of hydrogen-bond acceptors (Lipinski definition) is 7. The van der Waals surface area contributed by atoms with Gasteiger partial charge in [0, 0.05) is 18.0 Å². The maximum atomic E-state index is 12.9. The minimum Gasteiger partial charge on any atom is -0.407 e. The first kappa shape index (κ1) is 23.5. The highest BCUT2D eigenvalue weighted by Gasteiger charge is 2.33.